The second-order valence-corrected chi connectivity index (χ2v) is 8.62. The summed E-state index contributed by atoms with van der Waals surface area (Å²) in [5.41, 5.74) is 1.14. The summed E-state index contributed by atoms with van der Waals surface area (Å²) in [5.74, 6) is -1.16. The number of ether oxygens (including phenoxy) is 4. The Balaban J connectivity index is 0.000000658. The third kappa shape index (κ3) is 11.3. The number of hydrogen-bond donors (Lipinski definition) is 1. The Morgan fingerprint density at radius 1 is 0.974 bits per heavy atom. The molecule has 2 atom stereocenters. The Labute approximate surface area is 229 Å². The molecule has 3 aromatic rings. The number of hydrogen-bond acceptors (Lipinski definition) is 8. The van der Waals surface area contributed by atoms with Crippen LogP contribution in [0.3, 0.4) is 0 Å². The van der Waals surface area contributed by atoms with Crippen molar-refractivity contribution in [1.82, 2.24) is 10.3 Å². The number of esters is 2. The van der Waals surface area contributed by atoms with Crippen LogP contribution < -0.4 is 19.5 Å². The van der Waals surface area contributed by atoms with Gasteiger partial charge in [0.05, 0.1) is 7.11 Å². The molecule has 208 valence electrons. The Kier molecular flexibility index (Phi) is 13.0. The molecule has 1 heterocycles. The zero-order chi connectivity index (χ0) is 28.6. The predicted octanol–water partition coefficient (Wildman–Crippen LogP) is 4.92. The largest absolute Gasteiger partial charge is 0.493 e. The van der Waals surface area contributed by atoms with Crippen LogP contribution in [0.5, 0.6) is 17.2 Å². The molecule has 1 amide bonds. The fourth-order valence-corrected chi connectivity index (χ4v) is 3.44. The number of carbonyl (C=O) groups excluding carboxylic acids is 3. The van der Waals surface area contributed by atoms with E-state index in [1.807, 2.05) is 55.5 Å². The van der Waals surface area contributed by atoms with Gasteiger partial charge in [0.25, 0.3) is 5.91 Å². The molecule has 9 nitrogen and oxygen atoms in total. The number of amides is 1. The van der Waals surface area contributed by atoms with Gasteiger partial charge in [-0.3, -0.25) is 14.4 Å². The average molecular weight is 537 g/mol. The van der Waals surface area contributed by atoms with Crippen molar-refractivity contribution in [3.63, 3.8) is 0 Å². The Hall–Kier alpha value is -4.40. The van der Waals surface area contributed by atoms with Crippen molar-refractivity contribution >= 4 is 17.8 Å². The molecular formula is C30H36N2O7. The minimum absolute atomic E-state index is 0.120. The van der Waals surface area contributed by atoms with Gasteiger partial charge in [0.15, 0.2) is 11.4 Å². The van der Waals surface area contributed by atoms with Crippen molar-refractivity contribution in [2.24, 2.45) is 0 Å². The van der Waals surface area contributed by atoms with Crippen molar-refractivity contribution in [1.29, 1.82) is 0 Å². The van der Waals surface area contributed by atoms with Crippen LogP contribution in [-0.4, -0.2) is 48.7 Å². The first-order chi connectivity index (χ1) is 18.7. The molecule has 1 aromatic heterocycles. The summed E-state index contributed by atoms with van der Waals surface area (Å²) in [6, 6.07) is 21.1. The van der Waals surface area contributed by atoms with Gasteiger partial charge in [0.2, 0.25) is 5.75 Å². The van der Waals surface area contributed by atoms with Gasteiger partial charge in [-0.1, -0.05) is 61.0 Å². The number of aryl methyl sites for hydroxylation is 1. The Morgan fingerprint density at radius 2 is 1.62 bits per heavy atom. The maximum absolute atomic E-state index is 12.5. The number of para-hydroxylation sites is 1. The molecule has 9 heteroatoms. The minimum atomic E-state index is -0.705. The smallest absolute Gasteiger partial charge is 0.325 e. The highest BCUT2D eigenvalue weighted by atomic mass is 16.6. The van der Waals surface area contributed by atoms with Crippen LogP contribution in [0.2, 0.25) is 0 Å². The maximum atomic E-state index is 12.5. The van der Waals surface area contributed by atoms with Crippen LogP contribution in [0.25, 0.3) is 0 Å². The highest BCUT2D eigenvalue weighted by Gasteiger charge is 2.22. The van der Waals surface area contributed by atoms with Gasteiger partial charge in [-0.15, -0.1) is 0 Å². The molecule has 0 aliphatic heterocycles. The predicted molar refractivity (Wildman–Crippen MR) is 147 cm³/mol. The van der Waals surface area contributed by atoms with Gasteiger partial charge >= 0.3 is 11.9 Å². The minimum Gasteiger partial charge on any atom is -0.493 e. The van der Waals surface area contributed by atoms with E-state index >= 15 is 0 Å². The van der Waals surface area contributed by atoms with E-state index in [1.165, 1.54) is 31.9 Å². The number of carbonyl (C=O) groups is 3. The third-order valence-corrected chi connectivity index (χ3v) is 5.31. The molecule has 0 fully saturated rings. The van der Waals surface area contributed by atoms with Crippen molar-refractivity contribution in [3.05, 3.63) is 84.2 Å². The van der Waals surface area contributed by atoms with Crippen LogP contribution in [0.4, 0.5) is 0 Å². The van der Waals surface area contributed by atoms with Crippen molar-refractivity contribution in [3.8, 4) is 17.2 Å². The first-order valence-electron chi connectivity index (χ1n) is 12.7. The second-order valence-electron chi connectivity index (χ2n) is 8.62. The summed E-state index contributed by atoms with van der Waals surface area (Å²) >= 11 is 0. The molecule has 0 aliphatic rings. The number of rotatable bonds is 11. The van der Waals surface area contributed by atoms with Crippen LogP contribution in [-0.2, 0) is 14.3 Å². The number of pyridine rings is 1. The fourth-order valence-electron chi connectivity index (χ4n) is 3.44. The Bertz CT molecular complexity index is 1190. The normalized spacial score (nSPS) is 11.6. The van der Waals surface area contributed by atoms with Gasteiger partial charge in [0.1, 0.15) is 24.5 Å². The number of methoxy groups -OCH3 is 1. The molecule has 3 rings (SSSR count). The lowest BCUT2D eigenvalue weighted by Crippen LogP contribution is -2.34. The van der Waals surface area contributed by atoms with E-state index < -0.39 is 23.9 Å². The molecule has 0 saturated heterocycles. The molecule has 2 aromatic carbocycles. The topological polar surface area (TPSA) is 113 Å². The van der Waals surface area contributed by atoms with E-state index in [-0.39, 0.29) is 29.8 Å². The molecule has 0 aliphatic carbocycles. The SMILES string of the molecule is CCC(CC(C)OC(=O)CNC(=O)c1nccc(OC)c1OC(C)=O)Oc1ccccc1.Cc1ccccc1. The summed E-state index contributed by atoms with van der Waals surface area (Å²) in [6.07, 6.45) is 2.04. The average Bonchev–Trinajstić information content (AvgIpc) is 2.92. The van der Waals surface area contributed by atoms with Crippen molar-refractivity contribution in [2.45, 2.75) is 52.7 Å². The number of aromatic nitrogens is 1. The fraction of sp³-hybridized carbons (Fsp3) is 0.333. The van der Waals surface area contributed by atoms with Crippen LogP contribution in [0.15, 0.2) is 72.9 Å². The number of nitrogens with one attached hydrogen (secondary N) is 1. The zero-order valence-electron chi connectivity index (χ0n) is 23.0. The summed E-state index contributed by atoms with van der Waals surface area (Å²) in [7, 11) is 1.37. The lowest BCUT2D eigenvalue weighted by atomic mass is 10.1. The van der Waals surface area contributed by atoms with Gasteiger partial charge in [-0.05, 0) is 32.4 Å². The molecule has 0 radical (unpaired) electrons. The van der Waals surface area contributed by atoms with Crippen LogP contribution in [0.1, 0.15) is 49.7 Å². The second kappa shape index (κ2) is 16.4. The van der Waals surface area contributed by atoms with E-state index in [0.29, 0.717) is 6.42 Å². The van der Waals surface area contributed by atoms with E-state index in [4.69, 9.17) is 18.9 Å². The van der Waals surface area contributed by atoms with Crippen LogP contribution >= 0.6 is 0 Å². The van der Waals surface area contributed by atoms with E-state index in [2.05, 4.69) is 29.4 Å². The monoisotopic (exact) mass is 536 g/mol. The molecule has 1 N–H and O–H groups in total. The van der Waals surface area contributed by atoms with E-state index in [0.717, 1.165) is 12.2 Å². The third-order valence-electron chi connectivity index (χ3n) is 5.31. The summed E-state index contributed by atoms with van der Waals surface area (Å²) in [4.78, 5) is 40.0. The van der Waals surface area contributed by atoms with E-state index in [1.54, 1.807) is 6.92 Å². The van der Waals surface area contributed by atoms with E-state index in [9.17, 15) is 14.4 Å². The summed E-state index contributed by atoms with van der Waals surface area (Å²) in [6.45, 7) is 6.65. The molecule has 0 spiro atoms. The lowest BCUT2D eigenvalue weighted by Gasteiger charge is -2.21. The maximum Gasteiger partial charge on any atom is 0.325 e. The Morgan fingerprint density at radius 3 is 2.15 bits per heavy atom. The van der Waals surface area contributed by atoms with Crippen molar-refractivity contribution < 1.29 is 33.3 Å². The quantitative estimate of drug-likeness (QED) is 0.344. The molecule has 2 unspecified atom stereocenters. The molecular weight excluding hydrogens is 500 g/mol. The molecule has 0 saturated carbocycles. The first-order valence-corrected chi connectivity index (χ1v) is 12.7. The van der Waals surface area contributed by atoms with Gasteiger partial charge in [-0.2, -0.15) is 0 Å². The standard InChI is InChI=1S/C23H28N2O7.C7H8/c1-5-17(32-18-9-7-6-8-10-18)13-15(2)30-20(27)14-25-23(28)21-22(31-16(3)26)19(29-4)11-12-24-21;1-7-5-3-2-4-6-7/h6-12,15,17H,5,13-14H2,1-4H3,(H,25,28);2-6H,1H3. The summed E-state index contributed by atoms with van der Waals surface area (Å²) < 4.78 is 21.5. The lowest BCUT2D eigenvalue weighted by molar-refractivity contribution is -0.148. The van der Waals surface area contributed by atoms with Crippen LogP contribution in [0, 0.1) is 6.92 Å². The summed E-state index contributed by atoms with van der Waals surface area (Å²) in [5, 5.41) is 2.42. The first kappa shape index (κ1) is 30.8. The van der Waals surface area contributed by atoms with Crippen molar-refractivity contribution in [2.75, 3.05) is 13.7 Å². The highest BCUT2D eigenvalue weighted by molar-refractivity contribution is 5.98. The van der Waals surface area contributed by atoms with Gasteiger partial charge < -0.3 is 24.3 Å². The van der Waals surface area contributed by atoms with Gasteiger partial charge in [-0.25, -0.2) is 4.98 Å². The van der Waals surface area contributed by atoms with Gasteiger partial charge in [0, 0.05) is 25.6 Å². The number of nitrogens with zero attached hydrogens (tertiary/aromatic N) is 1. The zero-order valence-corrected chi connectivity index (χ0v) is 23.0. The molecule has 39 heavy (non-hydrogen) atoms. The number of benzene rings is 2. The molecule has 0 bridgehead atoms. The highest BCUT2D eigenvalue weighted by Crippen LogP contribution is 2.29.